The van der Waals surface area contributed by atoms with Gasteiger partial charge in [0.05, 0.1) is 5.52 Å². The van der Waals surface area contributed by atoms with E-state index in [0.29, 0.717) is 10.7 Å². The number of hydrogen-bond donors (Lipinski definition) is 2. The summed E-state index contributed by atoms with van der Waals surface area (Å²) in [5.41, 5.74) is 2.48. The second-order valence-electron chi connectivity index (χ2n) is 4.03. The van der Waals surface area contributed by atoms with Gasteiger partial charge in [-0.15, -0.1) is 0 Å². The number of aromatic nitrogens is 3. The first kappa shape index (κ1) is 12.4. The van der Waals surface area contributed by atoms with Gasteiger partial charge >= 0.3 is 0 Å². The lowest BCUT2D eigenvalue weighted by atomic mass is 10.2. The number of halogens is 2. The minimum absolute atomic E-state index is 0.669. The molecule has 19 heavy (non-hydrogen) atoms. The fourth-order valence-electron chi connectivity index (χ4n) is 1.84. The molecule has 0 saturated heterocycles. The number of rotatable bonds is 2. The molecule has 4 nitrogen and oxygen atoms in total. The molecule has 2 aromatic heterocycles. The third kappa shape index (κ3) is 2.31. The SMILES string of the molecule is CNc1ccc2[nH]c(-c3cc(Cl)ccc3Br)nc2n1. The lowest BCUT2D eigenvalue weighted by Gasteiger charge is -2.00. The highest BCUT2D eigenvalue weighted by molar-refractivity contribution is 9.10. The Kier molecular flexibility index (Phi) is 3.16. The summed E-state index contributed by atoms with van der Waals surface area (Å²) in [6.07, 6.45) is 0. The van der Waals surface area contributed by atoms with Crippen LogP contribution in [-0.4, -0.2) is 22.0 Å². The van der Waals surface area contributed by atoms with Gasteiger partial charge in [0, 0.05) is 22.1 Å². The van der Waals surface area contributed by atoms with E-state index in [4.69, 9.17) is 11.6 Å². The second kappa shape index (κ2) is 4.83. The summed E-state index contributed by atoms with van der Waals surface area (Å²) in [6.45, 7) is 0. The van der Waals surface area contributed by atoms with Gasteiger partial charge in [-0.2, -0.15) is 0 Å². The van der Waals surface area contributed by atoms with Crippen molar-refractivity contribution in [1.29, 1.82) is 0 Å². The van der Waals surface area contributed by atoms with Crippen LogP contribution in [0.25, 0.3) is 22.6 Å². The summed E-state index contributed by atoms with van der Waals surface area (Å²) < 4.78 is 0.935. The molecule has 0 aliphatic carbocycles. The van der Waals surface area contributed by atoms with Crippen molar-refractivity contribution < 1.29 is 0 Å². The van der Waals surface area contributed by atoms with Crippen LogP contribution in [0, 0.1) is 0 Å². The lowest BCUT2D eigenvalue weighted by molar-refractivity contribution is 1.28. The average Bonchev–Trinajstić information content (AvgIpc) is 2.83. The number of pyridine rings is 1. The number of benzene rings is 1. The van der Waals surface area contributed by atoms with Gasteiger partial charge in [0.1, 0.15) is 11.6 Å². The Morgan fingerprint density at radius 2 is 2.05 bits per heavy atom. The largest absolute Gasteiger partial charge is 0.373 e. The van der Waals surface area contributed by atoms with Crippen molar-refractivity contribution in [3.63, 3.8) is 0 Å². The summed E-state index contributed by atoms with van der Waals surface area (Å²) in [6, 6.07) is 9.44. The number of H-pyrrole nitrogens is 1. The van der Waals surface area contributed by atoms with Crippen molar-refractivity contribution in [2.24, 2.45) is 0 Å². The predicted octanol–water partition coefficient (Wildman–Crippen LogP) is 4.08. The zero-order valence-electron chi connectivity index (χ0n) is 10.0. The van der Waals surface area contributed by atoms with Crippen LogP contribution >= 0.6 is 27.5 Å². The highest BCUT2D eigenvalue weighted by Gasteiger charge is 2.10. The molecular weight excluding hydrogens is 328 g/mol. The van der Waals surface area contributed by atoms with E-state index in [1.165, 1.54) is 0 Å². The van der Waals surface area contributed by atoms with Crippen LogP contribution in [0.1, 0.15) is 0 Å². The fourth-order valence-corrected chi connectivity index (χ4v) is 2.44. The van der Waals surface area contributed by atoms with E-state index >= 15 is 0 Å². The standard InChI is InChI=1S/C13H10BrClN4/c1-16-11-5-4-10-13(18-11)19-12(17-10)8-6-7(15)2-3-9(8)14/h2-6H,1H3,(H2,16,17,18,19). The van der Waals surface area contributed by atoms with Crippen molar-refractivity contribution in [1.82, 2.24) is 15.0 Å². The molecule has 0 unspecified atom stereocenters. The molecule has 2 N–H and O–H groups in total. The van der Waals surface area contributed by atoms with E-state index in [-0.39, 0.29) is 0 Å². The number of nitrogens with one attached hydrogen (secondary N) is 2. The number of nitrogens with zero attached hydrogens (tertiary/aromatic N) is 2. The van der Waals surface area contributed by atoms with Crippen LogP contribution in [0.2, 0.25) is 5.02 Å². The van der Waals surface area contributed by atoms with E-state index < -0.39 is 0 Å². The highest BCUT2D eigenvalue weighted by atomic mass is 79.9. The molecule has 0 spiro atoms. The van der Waals surface area contributed by atoms with E-state index in [9.17, 15) is 0 Å². The van der Waals surface area contributed by atoms with Crippen LogP contribution in [0.3, 0.4) is 0 Å². The summed E-state index contributed by atoms with van der Waals surface area (Å²) in [7, 11) is 1.83. The van der Waals surface area contributed by atoms with Gasteiger partial charge in [-0.3, -0.25) is 0 Å². The van der Waals surface area contributed by atoms with Gasteiger partial charge in [0.15, 0.2) is 5.65 Å². The van der Waals surface area contributed by atoms with Gasteiger partial charge in [-0.05, 0) is 30.3 Å². The topological polar surface area (TPSA) is 53.6 Å². The van der Waals surface area contributed by atoms with Gasteiger partial charge < -0.3 is 10.3 Å². The highest BCUT2D eigenvalue weighted by Crippen LogP contribution is 2.30. The second-order valence-corrected chi connectivity index (χ2v) is 5.32. The minimum atomic E-state index is 0.669. The Labute approximate surface area is 123 Å². The predicted molar refractivity (Wildman–Crippen MR) is 81.6 cm³/mol. The van der Waals surface area contributed by atoms with Crippen LogP contribution < -0.4 is 5.32 Å². The maximum Gasteiger partial charge on any atom is 0.180 e. The maximum atomic E-state index is 6.02. The number of hydrogen-bond acceptors (Lipinski definition) is 3. The number of fused-ring (bicyclic) bond motifs is 1. The van der Waals surface area contributed by atoms with Crippen LogP contribution in [0.5, 0.6) is 0 Å². The van der Waals surface area contributed by atoms with E-state index in [0.717, 1.165) is 27.2 Å². The Hall–Kier alpha value is -1.59. The van der Waals surface area contributed by atoms with Crippen molar-refractivity contribution in [2.45, 2.75) is 0 Å². The zero-order valence-corrected chi connectivity index (χ0v) is 12.4. The molecule has 1 aromatic carbocycles. The number of anilines is 1. The van der Waals surface area contributed by atoms with E-state index in [1.54, 1.807) is 0 Å². The molecule has 2 heterocycles. The number of imidazole rings is 1. The van der Waals surface area contributed by atoms with Gasteiger partial charge in [0.25, 0.3) is 0 Å². The summed E-state index contributed by atoms with van der Waals surface area (Å²) >= 11 is 9.53. The smallest absolute Gasteiger partial charge is 0.180 e. The summed E-state index contributed by atoms with van der Waals surface area (Å²) in [5, 5.41) is 3.66. The molecule has 3 rings (SSSR count). The average molecular weight is 338 g/mol. The fraction of sp³-hybridized carbons (Fsp3) is 0.0769. The first-order chi connectivity index (χ1) is 9.17. The molecule has 0 saturated carbocycles. The Morgan fingerprint density at radius 3 is 2.84 bits per heavy atom. The van der Waals surface area contributed by atoms with Gasteiger partial charge in [-0.25, -0.2) is 9.97 Å². The quantitative estimate of drug-likeness (QED) is 0.741. The van der Waals surface area contributed by atoms with Crippen molar-refractivity contribution >= 4 is 44.5 Å². The molecule has 0 bridgehead atoms. The van der Waals surface area contributed by atoms with Crippen LogP contribution in [-0.2, 0) is 0 Å². The molecule has 0 aliphatic heterocycles. The van der Waals surface area contributed by atoms with E-state index in [1.807, 2.05) is 37.4 Å². The van der Waals surface area contributed by atoms with Crippen molar-refractivity contribution in [3.8, 4) is 11.4 Å². The lowest BCUT2D eigenvalue weighted by Crippen LogP contribution is -1.91. The zero-order chi connectivity index (χ0) is 13.4. The molecule has 96 valence electrons. The van der Waals surface area contributed by atoms with Crippen molar-refractivity contribution in [2.75, 3.05) is 12.4 Å². The molecule has 0 radical (unpaired) electrons. The van der Waals surface area contributed by atoms with Crippen LogP contribution in [0.15, 0.2) is 34.8 Å². The Morgan fingerprint density at radius 1 is 1.21 bits per heavy atom. The Balaban J connectivity index is 2.17. The van der Waals surface area contributed by atoms with Gasteiger partial charge in [-0.1, -0.05) is 27.5 Å². The molecule has 0 fully saturated rings. The molecule has 6 heteroatoms. The third-order valence-corrected chi connectivity index (χ3v) is 3.71. The third-order valence-electron chi connectivity index (χ3n) is 2.79. The molecule has 0 aliphatic rings. The van der Waals surface area contributed by atoms with Crippen molar-refractivity contribution in [3.05, 3.63) is 39.8 Å². The Bertz CT molecular complexity index is 753. The van der Waals surface area contributed by atoms with E-state index in [2.05, 4.69) is 36.2 Å². The van der Waals surface area contributed by atoms with Gasteiger partial charge in [0.2, 0.25) is 0 Å². The maximum absolute atomic E-state index is 6.02. The first-order valence-corrected chi connectivity index (χ1v) is 6.84. The van der Waals surface area contributed by atoms with Crippen LogP contribution in [0.4, 0.5) is 5.82 Å². The minimum Gasteiger partial charge on any atom is -0.373 e. The monoisotopic (exact) mass is 336 g/mol. The molecule has 3 aromatic rings. The molecule has 0 amide bonds. The molecular formula is C13H10BrClN4. The first-order valence-electron chi connectivity index (χ1n) is 5.67. The normalized spacial score (nSPS) is 10.9. The summed E-state index contributed by atoms with van der Waals surface area (Å²) in [4.78, 5) is 12.1. The molecule has 0 atom stereocenters. The summed E-state index contributed by atoms with van der Waals surface area (Å²) in [5.74, 6) is 1.53. The number of aromatic amines is 1.